The summed E-state index contributed by atoms with van der Waals surface area (Å²) in [4.78, 5) is 34.2. The van der Waals surface area contributed by atoms with Crippen LogP contribution in [0.5, 0.6) is 0 Å². The number of hydrogen-bond donors (Lipinski definition) is 1. The summed E-state index contributed by atoms with van der Waals surface area (Å²) in [6.07, 6.45) is 2.95. The molecule has 1 aromatic heterocycles. The van der Waals surface area contributed by atoms with Crippen molar-refractivity contribution in [3.8, 4) is 0 Å². The Morgan fingerprint density at radius 3 is 2.21 bits per heavy atom. The predicted molar refractivity (Wildman–Crippen MR) is 107 cm³/mol. The van der Waals surface area contributed by atoms with E-state index in [-0.39, 0.29) is 11.9 Å². The van der Waals surface area contributed by atoms with E-state index in [0.29, 0.717) is 29.4 Å². The Labute approximate surface area is 163 Å². The molecule has 1 heterocycles. The van der Waals surface area contributed by atoms with Gasteiger partial charge in [0.25, 0.3) is 5.91 Å². The molecule has 0 spiro atoms. The van der Waals surface area contributed by atoms with Crippen molar-refractivity contribution in [1.29, 1.82) is 0 Å². The first kappa shape index (κ1) is 19.0. The molecule has 7 heteroatoms. The van der Waals surface area contributed by atoms with Crippen LogP contribution in [0.4, 0.5) is 17.3 Å². The molecule has 0 saturated heterocycles. The minimum Gasteiger partial charge on any atom is -0.462 e. The van der Waals surface area contributed by atoms with Crippen LogP contribution in [0, 0.1) is 0 Å². The number of rotatable bonds is 6. The van der Waals surface area contributed by atoms with Crippen LogP contribution in [0.15, 0.2) is 67.0 Å². The molecule has 0 aliphatic rings. The maximum absolute atomic E-state index is 12.6. The van der Waals surface area contributed by atoms with Crippen molar-refractivity contribution in [2.45, 2.75) is 6.92 Å². The van der Waals surface area contributed by atoms with Crippen LogP contribution in [0.3, 0.4) is 0 Å². The normalized spacial score (nSPS) is 10.2. The first-order valence-corrected chi connectivity index (χ1v) is 8.78. The molecular formula is C21H20N4O3. The smallest absolute Gasteiger partial charge is 0.338 e. The number of nitrogens with one attached hydrogen (secondary N) is 1. The SMILES string of the molecule is CCOC(=O)c1ccc(Nc2ncc(C(=O)N(C)c3ccccc3)cn2)cc1. The van der Waals surface area contributed by atoms with Gasteiger partial charge in [-0.05, 0) is 43.3 Å². The van der Waals surface area contributed by atoms with Crippen molar-refractivity contribution in [2.24, 2.45) is 0 Å². The molecular weight excluding hydrogens is 356 g/mol. The monoisotopic (exact) mass is 376 g/mol. The minimum atomic E-state index is -0.365. The number of anilines is 3. The van der Waals surface area contributed by atoms with Gasteiger partial charge < -0.3 is 15.0 Å². The second-order valence-electron chi connectivity index (χ2n) is 5.92. The second-order valence-corrected chi connectivity index (χ2v) is 5.92. The first-order valence-electron chi connectivity index (χ1n) is 8.78. The molecule has 0 aliphatic carbocycles. The Morgan fingerprint density at radius 1 is 0.964 bits per heavy atom. The van der Waals surface area contributed by atoms with Gasteiger partial charge in [0.05, 0.1) is 17.7 Å². The number of benzene rings is 2. The molecule has 7 nitrogen and oxygen atoms in total. The summed E-state index contributed by atoms with van der Waals surface area (Å²) in [5.41, 5.74) is 2.36. The van der Waals surface area contributed by atoms with Crippen LogP contribution >= 0.6 is 0 Å². The van der Waals surface area contributed by atoms with Crippen molar-refractivity contribution in [3.05, 3.63) is 78.1 Å². The highest BCUT2D eigenvalue weighted by atomic mass is 16.5. The van der Waals surface area contributed by atoms with Gasteiger partial charge in [0.15, 0.2) is 0 Å². The van der Waals surface area contributed by atoms with Crippen molar-refractivity contribution >= 4 is 29.2 Å². The third kappa shape index (κ3) is 4.50. The molecule has 3 aromatic rings. The third-order valence-electron chi connectivity index (χ3n) is 4.00. The van der Waals surface area contributed by atoms with Crippen LogP contribution < -0.4 is 10.2 Å². The highest BCUT2D eigenvalue weighted by Gasteiger charge is 2.14. The lowest BCUT2D eigenvalue weighted by molar-refractivity contribution is 0.0526. The molecule has 2 aromatic carbocycles. The summed E-state index contributed by atoms with van der Waals surface area (Å²) in [5, 5.41) is 3.03. The van der Waals surface area contributed by atoms with Crippen LogP contribution in [0.25, 0.3) is 0 Å². The Balaban J connectivity index is 1.66. The zero-order chi connectivity index (χ0) is 19.9. The van der Waals surface area contributed by atoms with Crippen molar-refractivity contribution in [1.82, 2.24) is 9.97 Å². The first-order chi connectivity index (χ1) is 13.6. The van der Waals surface area contributed by atoms with E-state index in [4.69, 9.17) is 4.74 Å². The zero-order valence-corrected chi connectivity index (χ0v) is 15.6. The largest absolute Gasteiger partial charge is 0.462 e. The van der Waals surface area contributed by atoms with Gasteiger partial charge in [-0.1, -0.05) is 18.2 Å². The standard InChI is InChI=1S/C21H20N4O3/c1-3-28-20(27)15-9-11-17(12-10-15)24-21-22-13-16(14-23-21)19(26)25(2)18-7-5-4-6-8-18/h4-14H,3H2,1-2H3,(H,22,23,24). The molecule has 0 unspecified atom stereocenters. The number of ether oxygens (including phenoxy) is 1. The van der Waals surface area contributed by atoms with Crippen LogP contribution in [-0.4, -0.2) is 35.5 Å². The van der Waals surface area contributed by atoms with Gasteiger partial charge >= 0.3 is 5.97 Å². The van der Waals surface area contributed by atoms with Gasteiger partial charge in [-0.15, -0.1) is 0 Å². The van der Waals surface area contributed by atoms with E-state index in [1.54, 1.807) is 43.1 Å². The molecule has 1 N–H and O–H groups in total. The third-order valence-corrected chi connectivity index (χ3v) is 4.00. The van der Waals surface area contributed by atoms with E-state index in [0.717, 1.165) is 5.69 Å². The molecule has 0 bridgehead atoms. The highest BCUT2D eigenvalue weighted by molar-refractivity contribution is 6.05. The average molecular weight is 376 g/mol. The lowest BCUT2D eigenvalue weighted by Gasteiger charge is -2.17. The van der Waals surface area contributed by atoms with Gasteiger partial charge in [-0.2, -0.15) is 0 Å². The fourth-order valence-corrected chi connectivity index (χ4v) is 2.50. The zero-order valence-electron chi connectivity index (χ0n) is 15.6. The number of hydrogen-bond acceptors (Lipinski definition) is 6. The van der Waals surface area contributed by atoms with E-state index in [2.05, 4.69) is 15.3 Å². The molecule has 0 saturated carbocycles. The fourth-order valence-electron chi connectivity index (χ4n) is 2.50. The van der Waals surface area contributed by atoms with Crippen molar-refractivity contribution < 1.29 is 14.3 Å². The second kappa shape index (κ2) is 8.77. The lowest BCUT2D eigenvalue weighted by Crippen LogP contribution is -2.26. The molecule has 28 heavy (non-hydrogen) atoms. The number of carbonyl (C=O) groups is 2. The van der Waals surface area contributed by atoms with Gasteiger partial charge in [-0.25, -0.2) is 14.8 Å². The van der Waals surface area contributed by atoms with Gasteiger partial charge in [0.2, 0.25) is 5.95 Å². The summed E-state index contributed by atoms with van der Waals surface area (Å²) in [6, 6.07) is 16.1. The summed E-state index contributed by atoms with van der Waals surface area (Å²) < 4.78 is 4.95. The molecule has 0 fully saturated rings. The quantitative estimate of drug-likeness (QED) is 0.661. The maximum Gasteiger partial charge on any atom is 0.338 e. The molecule has 0 radical (unpaired) electrons. The number of amides is 1. The van der Waals surface area contributed by atoms with E-state index in [9.17, 15) is 9.59 Å². The summed E-state index contributed by atoms with van der Waals surface area (Å²) in [5.74, 6) is -0.213. The average Bonchev–Trinajstić information content (AvgIpc) is 2.74. The number of carbonyl (C=O) groups excluding carboxylic acids is 2. The Bertz CT molecular complexity index is 942. The number of esters is 1. The number of para-hydroxylation sites is 1. The van der Waals surface area contributed by atoms with Crippen LogP contribution in [0.1, 0.15) is 27.6 Å². The van der Waals surface area contributed by atoms with Crippen molar-refractivity contribution in [3.63, 3.8) is 0 Å². The minimum absolute atomic E-state index is 0.198. The lowest BCUT2D eigenvalue weighted by atomic mass is 10.2. The van der Waals surface area contributed by atoms with E-state index in [1.807, 2.05) is 30.3 Å². The number of nitrogens with zero attached hydrogens (tertiary/aromatic N) is 3. The van der Waals surface area contributed by atoms with Gasteiger partial charge in [0, 0.05) is 30.8 Å². The molecule has 0 aliphatic heterocycles. The van der Waals surface area contributed by atoms with E-state index >= 15 is 0 Å². The molecule has 0 atom stereocenters. The van der Waals surface area contributed by atoms with Gasteiger partial charge in [0.1, 0.15) is 0 Å². The maximum atomic E-state index is 12.6. The van der Waals surface area contributed by atoms with E-state index < -0.39 is 0 Å². The molecule has 3 rings (SSSR count). The number of aromatic nitrogens is 2. The Morgan fingerprint density at radius 2 is 1.61 bits per heavy atom. The summed E-state index contributed by atoms with van der Waals surface area (Å²) >= 11 is 0. The van der Waals surface area contributed by atoms with Crippen LogP contribution in [0.2, 0.25) is 0 Å². The van der Waals surface area contributed by atoms with Crippen molar-refractivity contribution in [2.75, 3.05) is 23.9 Å². The Kier molecular flexibility index (Phi) is 5.96. The highest BCUT2D eigenvalue weighted by Crippen LogP contribution is 2.17. The topological polar surface area (TPSA) is 84.4 Å². The predicted octanol–water partition coefficient (Wildman–Crippen LogP) is 3.67. The van der Waals surface area contributed by atoms with E-state index in [1.165, 1.54) is 12.4 Å². The van der Waals surface area contributed by atoms with Gasteiger partial charge in [-0.3, -0.25) is 4.79 Å². The molecule has 142 valence electrons. The summed E-state index contributed by atoms with van der Waals surface area (Å²) in [7, 11) is 1.70. The molecule has 1 amide bonds. The Hall–Kier alpha value is -3.74. The van der Waals surface area contributed by atoms with Crippen LogP contribution in [-0.2, 0) is 4.74 Å². The fraction of sp³-hybridized carbons (Fsp3) is 0.143. The summed E-state index contributed by atoms with van der Waals surface area (Å²) in [6.45, 7) is 2.09.